The van der Waals surface area contributed by atoms with Crippen LogP contribution in [0, 0.1) is 0 Å². The second-order valence-corrected chi connectivity index (χ2v) is 2.33. The van der Waals surface area contributed by atoms with Gasteiger partial charge in [-0.3, -0.25) is 0 Å². The summed E-state index contributed by atoms with van der Waals surface area (Å²) in [5, 5.41) is 7.43. The van der Waals surface area contributed by atoms with Crippen molar-refractivity contribution in [1.82, 2.24) is 10.2 Å². The fourth-order valence-corrected chi connectivity index (χ4v) is 0.642. The zero-order valence-electron chi connectivity index (χ0n) is 7.70. The van der Waals surface area contributed by atoms with E-state index in [1.165, 1.54) is 5.56 Å². The van der Waals surface area contributed by atoms with E-state index in [1.54, 1.807) is 12.4 Å². The molecule has 1 aromatic heterocycles. The smallest absolute Gasteiger partial charge is 0.0530 e. The standard InChI is InChI=1S/C7H10N2.C2H6/c1-6(2)7-3-4-8-9-5-7;1-2/h3-6H,1-2H3;1-2H3. The summed E-state index contributed by atoms with van der Waals surface area (Å²) in [4.78, 5) is 0. The minimum absolute atomic E-state index is 0.556. The summed E-state index contributed by atoms with van der Waals surface area (Å²) in [6, 6.07) is 1.98. The minimum atomic E-state index is 0.556. The maximum Gasteiger partial charge on any atom is 0.0530 e. The van der Waals surface area contributed by atoms with Gasteiger partial charge in [0.05, 0.1) is 6.20 Å². The van der Waals surface area contributed by atoms with Crippen LogP contribution in [0.4, 0.5) is 0 Å². The van der Waals surface area contributed by atoms with Gasteiger partial charge in [-0.2, -0.15) is 10.2 Å². The van der Waals surface area contributed by atoms with Crippen molar-refractivity contribution in [3.05, 3.63) is 24.0 Å². The Kier molecular flexibility index (Phi) is 5.35. The van der Waals surface area contributed by atoms with Gasteiger partial charge in [-0.1, -0.05) is 27.7 Å². The summed E-state index contributed by atoms with van der Waals surface area (Å²) < 4.78 is 0. The second kappa shape index (κ2) is 5.83. The molecule has 0 N–H and O–H groups in total. The predicted octanol–water partition coefficient (Wildman–Crippen LogP) is 2.63. The lowest BCUT2D eigenvalue weighted by atomic mass is 10.1. The van der Waals surface area contributed by atoms with Crippen molar-refractivity contribution in [3.63, 3.8) is 0 Å². The molecule has 1 aromatic rings. The maximum absolute atomic E-state index is 3.76. The normalized spacial score (nSPS) is 8.82. The highest BCUT2D eigenvalue weighted by Gasteiger charge is 1.95. The second-order valence-electron chi connectivity index (χ2n) is 2.33. The average Bonchev–Trinajstić information content (AvgIpc) is 2.10. The molecule has 0 saturated carbocycles. The Balaban J connectivity index is 0.000000461. The molecule has 0 aliphatic heterocycles. The first-order valence-electron chi connectivity index (χ1n) is 4.07. The quantitative estimate of drug-likeness (QED) is 0.618. The van der Waals surface area contributed by atoms with E-state index < -0.39 is 0 Å². The molecule has 0 unspecified atom stereocenters. The Bertz CT molecular complexity index is 170. The maximum atomic E-state index is 3.76. The molecule has 1 rings (SSSR count). The molecule has 11 heavy (non-hydrogen) atoms. The summed E-state index contributed by atoms with van der Waals surface area (Å²) >= 11 is 0. The van der Waals surface area contributed by atoms with Crippen LogP contribution in [0.2, 0.25) is 0 Å². The Morgan fingerprint density at radius 3 is 2.09 bits per heavy atom. The molecule has 0 saturated heterocycles. The van der Waals surface area contributed by atoms with Crippen LogP contribution in [-0.4, -0.2) is 10.2 Å². The van der Waals surface area contributed by atoms with E-state index in [0.29, 0.717) is 5.92 Å². The molecular weight excluding hydrogens is 136 g/mol. The number of rotatable bonds is 1. The van der Waals surface area contributed by atoms with E-state index >= 15 is 0 Å². The molecule has 0 fully saturated rings. The van der Waals surface area contributed by atoms with E-state index in [2.05, 4.69) is 24.0 Å². The fraction of sp³-hybridized carbons (Fsp3) is 0.556. The molecule has 0 radical (unpaired) electrons. The van der Waals surface area contributed by atoms with Gasteiger partial charge >= 0.3 is 0 Å². The van der Waals surface area contributed by atoms with Gasteiger partial charge in [-0.15, -0.1) is 0 Å². The Morgan fingerprint density at radius 1 is 1.18 bits per heavy atom. The molecule has 0 aliphatic rings. The number of hydrogen-bond donors (Lipinski definition) is 0. The van der Waals surface area contributed by atoms with Crippen LogP contribution in [0.1, 0.15) is 39.2 Å². The van der Waals surface area contributed by atoms with Gasteiger partial charge in [-0.05, 0) is 17.5 Å². The van der Waals surface area contributed by atoms with Crippen molar-refractivity contribution in [2.75, 3.05) is 0 Å². The highest BCUT2D eigenvalue weighted by atomic mass is 15.1. The molecule has 2 nitrogen and oxygen atoms in total. The molecule has 0 aromatic carbocycles. The van der Waals surface area contributed by atoms with E-state index in [-0.39, 0.29) is 0 Å². The number of hydrogen-bond acceptors (Lipinski definition) is 2. The molecule has 0 aliphatic carbocycles. The molecule has 0 atom stereocenters. The zero-order valence-corrected chi connectivity index (χ0v) is 7.70. The predicted molar refractivity (Wildman–Crippen MR) is 47.5 cm³/mol. The lowest BCUT2D eigenvalue weighted by Gasteiger charge is -2.00. The van der Waals surface area contributed by atoms with E-state index in [0.717, 1.165) is 0 Å². The summed E-state index contributed by atoms with van der Waals surface area (Å²) in [6.45, 7) is 8.27. The van der Waals surface area contributed by atoms with Crippen LogP contribution >= 0.6 is 0 Å². The van der Waals surface area contributed by atoms with Crippen LogP contribution in [0.3, 0.4) is 0 Å². The largest absolute Gasteiger partial charge is 0.159 e. The van der Waals surface area contributed by atoms with Gasteiger partial charge in [0.25, 0.3) is 0 Å². The van der Waals surface area contributed by atoms with Gasteiger partial charge < -0.3 is 0 Å². The lowest BCUT2D eigenvalue weighted by Crippen LogP contribution is -1.88. The fourth-order valence-electron chi connectivity index (χ4n) is 0.642. The molecule has 2 heteroatoms. The Labute approximate surface area is 68.7 Å². The van der Waals surface area contributed by atoms with Crippen molar-refractivity contribution in [3.8, 4) is 0 Å². The van der Waals surface area contributed by atoms with Crippen molar-refractivity contribution >= 4 is 0 Å². The highest BCUT2D eigenvalue weighted by molar-refractivity contribution is 5.09. The van der Waals surface area contributed by atoms with Crippen LogP contribution in [0.5, 0.6) is 0 Å². The first kappa shape index (κ1) is 10.1. The Morgan fingerprint density at radius 2 is 1.82 bits per heavy atom. The molecule has 1 heterocycles. The van der Waals surface area contributed by atoms with Gasteiger partial charge in [0.2, 0.25) is 0 Å². The third-order valence-corrected chi connectivity index (χ3v) is 1.27. The first-order valence-corrected chi connectivity index (χ1v) is 4.07. The summed E-state index contributed by atoms with van der Waals surface area (Å²) in [5.41, 5.74) is 1.24. The average molecular weight is 152 g/mol. The molecule has 0 spiro atoms. The molecule has 0 amide bonds. The van der Waals surface area contributed by atoms with Gasteiger partial charge in [0.1, 0.15) is 0 Å². The molecule has 62 valence electrons. The van der Waals surface area contributed by atoms with Gasteiger partial charge in [0.15, 0.2) is 0 Å². The van der Waals surface area contributed by atoms with Gasteiger partial charge in [-0.25, -0.2) is 0 Å². The van der Waals surface area contributed by atoms with Gasteiger partial charge in [0, 0.05) is 6.20 Å². The molecule has 0 bridgehead atoms. The van der Waals surface area contributed by atoms with E-state index in [4.69, 9.17) is 0 Å². The van der Waals surface area contributed by atoms with E-state index in [9.17, 15) is 0 Å². The van der Waals surface area contributed by atoms with E-state index in [1.807, 2.05) is 19.9 Å². The summed E-state index contributed by atoms with van der Waals surface area (Å²) in [5.74, 6) is 0.556. The summed E-state index contributed by atoms with van der Waals surface area (Å²) in [6.07, 6.45) is 3.51. The SMILES string of the molecule is CC.CC(C)c1ccnnc1. The van der Waals surface area contributed by atoms with Crippen LogP contribution in [-0.2, 0) is 0 Å². The topological polar surface area (TPSA) is 25.8 Å². The zero-order chi connectivity index (χ0) is 8.69. The summed E-state index contributed by atoms with van der Waals surface area (Å²) in [7, 11) is 0. The third kappa shape index (κ3) is 3.71. The third-order valence-electron chi connectivity index (χ3n) is 1.27. The van der Waals surface area contributed by atoms with Crippen LogP contribution in [0.15, 0.2) is 18.5 Å². The number of aromatic nitrogens is 2. The van der Waals surface area contributed by atoms with Crippen molar-refractivity contribution in [2.45, 2.75) is 33.6 Å². The lowest BCUT2D eigenvalue weighted by molar-refractivity contribution is 0.841. The number of nitrogens with zero attached hydrogens (tertiary/aromatic N) is 2. The molecular formula is C9H16N2. The van der Waals surface area contributed by atoms with Crippen LogP contribution < -0.4 is 0 Å². The minimum Gasteiger partial charge on any atom is -0.159 e. The van der Waals surface area contributed by atoms with Crippen molar-refractivity contribution < 1.29 is 0 Å². The van der Waals surface area contributed by atoms with Crippen molar-refractivity contribution in [2.24, 2.45) is 0 Å². The first-order chi connectivity index (χ1) is 5.30. The Hall–Kier alpha value is -0.920. The highest BCUT2D eigenvalue weighted by Crippen LogP contribution is 2.09. The monoisotopic (exact) mass is 152 g/mol. The van der Waals surface area contributed by atoms with Crippen LogP contribution in [0.25, 0.3) is 0 Å². The van der Waals surface area contributed by atoms with Crippen molar-refractivity contribution in [1.29, 1.82) is 0 Å².